The lowest BCUT2D eigenvalue weighted by atomic mass is 10.0. The fourth-order valence-corrected chi connectivity index (χ4v) is 3.22. The number of fused-ring (bicyclic) bond motifs is 1. The van der Waals surface area contributed by atoms with E-state index >= 15 is 0 Å². The van der Waals surface area contributed by atoms with E-state index in [9.17, 15) is 4.79 Å². The van der Waals surface area contributed by atoms with E-state index in [1.165, 1.54) is 0 Å². The van der Waals surface area contributed by atoms with E-state index in [0.717, 1.165) is 50.1 Å². The Morgan fingerprint density at radius 1 is 1.28 bits per heavy atom. The van der Waals surface area contributed by atoms with Crippen molar-refractivity contribution in [3.8, 4) is 0 Å². The minimum absolute atomic E-state index is 0.327. The molecule has 3 rings (SSSR count). The monoisotopic (exact) mass is 245 g/mol. The number of hydrogen-bond donors (Lipinski definition) is 2. The van der Waals surface area contributed by atoms with Gasteiger partial charge in [-0.05, 0) is 36.6 Å². The molecule has 18 heavy (non-hydrogen) atoms. The highest BCUT2D eigenvalue weighted by Crippen LogP contribution is 2.27. The van der Waals surface area contributed by atoms with Crippen LogP contribution in [0.4, 0.5) is 0 Å². The zero-order valence-corrected chi connectivity index (χ0v) is 10.4. The third-order valence-electron chi connectivity index (χ3n) is 4.14. The molecule has 2 saturated heterocycles. The van der Waals surface area contributed by atoms with Gasteiger partial charge in [-0.15, -0.1) is 0 Å². The van der Waals surface area contributed by atoms with Crippen LogP contribution in [0.25, 0.3) is 0 Å². The van der Waals surface area contributed by atoms with Gasteiger partial charge in [-0.3, -0.25) is 9.69 Å². The molecule has 2 heterocycles. The van der Waals surface area contributed by atoms with Crippen LogP contribution >= 0.6 is 0 Å². The van der Waals surface area contributed by atoms with Crippen LogP contribution in [0.1, 0.15) is 15.9 Å². The first kappa shape index (κ1) is 11.7. The fourth-order valence-electron chi connectivity index (χ4n) is 3.22. The van der Waals surface area contributed by atoms with E-state index in [0.29, 0.717) is 5.56 Å². The SMILES string of the molecule is NC(=O)c1ccccc1CN1CC2CNCC2C1. The summed E-state index contributed by atoms with van der Waals surface area (Å²) in [5, 5.41) is 3.44. The van der Waals surface area contributed by atoms with E-state index in [1.807, 2.05) is 24.3 Å². The summed E-state index contributed by atoms with van der Waals surface area (Å²) in [6, 6.07) is 7.66. The summed E-state index contributed by atoms with van der Waals surface area (Å²) in [7, 11) is 0. The average Bonchev–Trinajstić information content (AvgIpc) is 2.90. The maximum atomic E-state index is 11.4. The predicted molar refractivity (Wildman–Crippen MR) is 70.1 cm³/mol. The Morgan fingerprint density at radius 3 is 2.61 bits per heavy atom. The fraction of sp³-hybridized carbons (Fsp3) is 0.500. The van der Waals surface area contributed by atoms with Crippen LogP contribution in [-0.4, -0.2) is 37.0 Å². The van der Waals surface area contributed by atoms with Crippen molar-refractivity contribution in [2.75, 3.05) is 26.2 Å². The molecule has 0 radical (unpaired) electrons. The van der Waals surface area contributed by atoms with Gasteiger partial charge in [0.15, 0.2) is 0 Å². The van der Waals surface area contributed by atoms with Gasteiger partial charge >= 0.3 is 0 Å². The first-order chi connectivity index (χ1) is 8.74. The lowest BCUT2D eigenvalue weighted by Gasteiger charge is -2.18. The predicted octanol–water partition coefficient (Wildman–Crippen LogP) is 0.437. The van der Waals surface area contributed by atoms with Gasteiger partial charge in [0.25, 0.3) is 0 Å². The Balaban J connectivity index is 1.72. The van der Waals surface area contributed by atoms with Crippen LogP contribution in [0.2, 0.25) is 0 Å². The molecule has 2 aliphatic rings. The van der Waals surface area contributed by atoms with Crippen molar-refractivity contribution in [2.45, 2.75) is 6.54 Å². The van der Waals surface area contributed by atoms with Crippen LogP contribution in [0.3, 0.4) is 0 Å². The van der Waals surface area contributed by atoms with Crippen molar-refractivity contribution in [2.24, 2.45) is 17.6 Å². The van der Waals surface area contributed by atoms with Crippen molar-refractivity contribution in [1.82, 2.24) is 10.2 Å². The second-order valence-corrected chi connectivity index (χ2v) is 5.39. The van der Waals surface area contributed by atoms with Crippen molar-refractivity contribution in [3.63, 3.8) is 0 Å². The van der Waals surface area contributed by atoms with Gasteiger partial charge in [0.1, 0.15) is 0 Å². The quantitative estimate of drug-likeness (QED) is 0.812. The largest absolute Gasteiger partial charge is 0.366 e. The van der Waals surface area contributed by atoms with E-state index in [-0.39, 0.29) is 5.91 Å². The van der Waals surface area contributed by atoms with Gasteiger partial charge in [0, 0.05) is 25.2 Å². The Hall–Kier alpha value is -1.39. The first-order valence-corrected chi connectivity index (χ1v) is 6.55. The minimum atomic E-state index is -0.327. The van der Waals surface area contributed by atoms with Crippen LogP contribution < -0.4 is 11.1 Å². The van der Waals surface area contributed by atoms with E-state index in [1.54, 1.807) is 0 Å². The first-order valence-electron chi connectivity index (χ1n) is 6.55. The standard InChI is InChI=1S/C14H19N3O/c15-14(18)13-4-2-1-3-10(13)7-17-8-11-5-16-6-12(11)9-17/h1-4,11-12,16H,5-9H2,(H2,15,18). The van der Waals surface area contributed by atoms with Gasteiger partial charge in [0.2, 0.25) is 5.91 Å². The molecule has 2 fully saturated rings. The zero-order chi connectivity index (χ0) is 12.5. The minimum Gasteiger partial charge on any atom is -0.366 e. The summed E-state index contributed by atoms with van der Waals surface area (Å²) >= 11 is 0. The highest BCUT2D eigenvalue weighted by atomic mass is 16.1. The third kappa shape index (κ3) is 2.13. The molecule has 0 saturated carbocycles. The lowest BCUT2D eigenvalue weighted by Crippen LogP contribution is -2.26. The Labute approximate surface area is 107 Å². The van der Waals surface area contributed by atoms with E-state index in [4.69, 9.17) is 5.73 Å². The number of amides is 1. The van der Waals surface area contributed by atoms with Crippen LogP contribution in [-0.2, 0) is 6.54 Å². The summed E-state index contributed by atoms with van der Waals surface area (Å²) in [5.41, 5.74) is 7.13. The summed E-state index contributed by atoms with van der Waals surface area (Å²) in [6.45, 7) is 5.37. The van der Waals surface area contributed by atoms with Crippen LogP contribution in [0.5, 0.6) is 0 Å². The molecule has 3 N–H and O–H groups in total. The number of nitrogens with zero attached hydrogens (tertiary/aromatic N) is 1. The van der Waals surface area contributed by atoms with Crippen molar-refractivity contribution in [1.29, 1.82) is 0 Å². The number of carbonyl (C=O) groups excluding carboxylic acids is 1. The number of primary amides is 1. The summed E-state index contributed by atoms with van der Waals surface area (Å²) < 4.78 is 0. The third-order valence-corrected chi connectivity index (χ3v) is 4.14. The summed E-state index contributed by atoms with van der Waals surface area (Å²) in [5.74, 6) is 1.24. The Bertz CT molecular complexity index is 448. The molecule has 96 valence electrons. The normalized spacial score (nSPS) is 27.3. The summed E-state index contributed by atoms with van der Waals surface area (Å²) in [4.78, 5) is 13.8. The topological polar surface area (TPSA) is 58.4 Å². The number of likely N-dealkylation sites (tertiary alicyclic amines) is 1. The highest BCUT2D eigenvalue weighted by molar-refractivity contribution is 5.94. The van der Waals surface area contributed by atoms with E-state index in [2.05, 4.69) is 10.2 Å². The average molecular weight is 245 g/mol. The molecular formula is C14H19N3O. The molecular weight excluding hydrogens is 226 g/mol. The highest BCUT2D eigenvalue weighted by Gasteiger charge is 2.35. The molecule has 2 aliphatic heterocycles. The molecule has 0 aliphatic carbocycles. The molecule has 1 amide bonds. The Kier molecular flexibility index (Phi) is 3.06. The molecule has 0 spiro atoms. The number of carbonyl (C=O) groups is 1. The van der Waals surface area contributed by atoms with Crippen LogP contribution in [0, 0.1) is 11.8 Å². The molecule has 4 heteroatoms. The van der Waals surface area contributed by atoms with E-state index < -0.39 is 0 Å². The van der Waals surface area contributed by atoms with Gasteiger partial charge in [-0.2, -0.15) is 0 Å². The number of nitrogens with one attached hydrogen (secondary N) is 1. The zero-order valence-electron chi connectivity index (χ0n) is 10.4. The van der Waals surface area contributed by atoms with Gasteiger partial charge in [-0.1, -0.05) is 18.2 Å². The number of rotatable bonds is 3. The maximum Gasteiger partial charge on any atom is 0.249 e. The maximum absolute atomic E-state index is 11.4. The lowest BCUT2D eigenvalue weighted by molar-refractivity contribution is 0.0998. The Morgan fingerprint density at radius 2 is 1.94 bits per heavy atom. The van der Waals surface area contributed by atoms with Crippen molar-refractivity contribution < 1.29 is 4.79 Å². The van der Waals surface area contributed by atoms with Gasteiger partial charge in [0.05, 0.1) is 0 Å². The number of nitrogens with two attached hydrogens (primary N) is 1. The molecule has 0 aromatic heterocycles. The second kappa shape index (κ2) is 4.71. The van der Waals surface area contributed by atoms with Gasteiger partial charge < -0.3 is 11.1 Å². The second-order valence-electron chi connectivity index (χ2n) is 5.39. The van der Waals surface area contributed by atoms with Gasteiger partial charge in [-0.25, -0.2) is 0 Å². The molecule has 2 atom stereocenters. The molecule has 2 unspecified atom stereocenters. The number of hydrogen-bond acceptors (Lipinski definition) is 3. The smallest absolute Gasteiger partial charge is 0.249 e. The van der Waals surface area contributed by atoms with Crippen molar-refractivity contribution in [3.05, 3.63) is 35.4 Å². The van der Waals surface area contributed by atoms with Crippen LogP contribution in [0.15, 0.2) is 24.3 Å². The molecule has 0 bridgehead atoms. The van der Waals surface area contributed by atoms with Crippen molar-refractivity contribution >= 4 is 5.91 Å². The summed E-state index contributed by atoms with van der Waals surface area (Å²) in [6.07, 6.45) is 0. The molecule has 4 nitrogen and oxygen atoms in total. The molecule has 1 aromatic carbocycles. The number of benzene rings is 1. The molecule has 1 aromatic rings.